The Morgan fingerprint density at radius 1 is 0.793 bits per heavy atom. The number of hydrogen-bond acceptors (Lipinski definition) is 0. The van der Waals surface area contributed by atoms with Crippen LogP contribution >= 0.6 is 0 Å². The largest absolute Gasteiger partial charge is 0.416 e. The Bertz CT molecular complexity index is 845. The molecule has 29 heavy (non-hydrogen) atoms. The van der Waals surface area contributed by atoms with Gasteiger partial charge in [0, 0.05) is 0 Å². The minimum atomic E-state index is -4.48. The minimum Gasteiger partial charge on any atom is -0.206 e. The first kappa shape index (κ1) is 20.4. The lowest BCUT2D eigenvalue weighted by Crippen LogP contribution is -2.29. The average molecular weight is 408 g/mol. The maximum atomic E-state index is 14.8. The molecule has 2 saturated carbocycles. The first-order valence-electron chi connectivity index (χ1n) is 10.4. The predicted molar refractivity (Wildman–Crippen MR) is 103 cm³/mol. The Hall–Kier alpha value is -1.91. The van der Waals surface area contributed by atoms with E-state index in [-0.39, 0.29) is 17.0 Å². The third-order valence-electron chi connectivity index (χ3n) is 6.91. The van der Waals surface area contributed by atoms with E-state index in [0.29, 0.717) is 11.5 Å². The molecular weight excluding hydrogens is 383 g/mol. The molecule has 0 amide bonds. The zero-order valence-corrected chi connectivity index (χ0v) is 16.4. The highest BCUT2D eigenvalue weighted by molar-refractivity contribution is 5.66. The monoisotopic (exact) mass is 408 g/mol. The van der Waals surface area contributed by atoms with Crippen LogP contribution in [0.2, 0.25) is 0 Å². The summed E-state index contributed by atoms with van der Waals surface area (Å²) in [5, 5.41) is 0. The summed E-state index contributed by atoms with van der Waals surface area (Å²) in [4.78, 5) is 0. The van der Waals surface area contributed by atoms with E-state index in [4.69, 9.17) is 0 Å². The van der Waals surface area contributed by atoms with Gasteiger partial charge in [-0.2, -0.15) is 13.2 Å². The van der Waals surface area contributed by atoms with Crippen molar-refractivity contribution < 1.29 is 22.0 Å². The average Bonchev–Trinajstić information content (AvgIpc) is 2.66. The van der Waals surface area contributed by atoms with E-state index in [1.807, 2.05) is 0 Å². The van der Waals surface area contributed by atoms with E-state index in [1.165, 1.54) is 31.4 Å². The van der Waals surface area contributed by atoms with E-state index >= 15 is 0 Å². The third kappa shape index (κ3) is 4.19. The summed E-state index contributed by atoms with van der Waals surface area (Å²) >= 11 is 0. The number of alkyl halides is 3. The molecule has 2 fully saturated rings. The van der Waals surface area contributed by atoms with Crippen molar-refractivity contribution in [3.8, 4) is 11.1 Å². The normalized spacial score (nSPS) is 27.5. The molecule has 0 aliphatic heterocycles. The van der Waals surface area contributed by atoms with Gasteiger partial charge in [0.15, 0.2) is 0 Å². The summed E-state index contributed by atoms with van der Waals surface area (Å²) in [7, 11) is 0. The molecule has 2 aromatic rings. The maximum Gasteiger partial charge on any atom is 0.416 e. The molecule has 156 valence electrons. The zero-order chi connectivity index (χ0) is 20.8. The topological polar surface area (TPSA) is 0 Å². The van der Waals surface area contributed by atoms with Crippen LogP contribution in [0.4, 0.5) is 22.0 Å². The molecule has 0 radical (unpaired) electrons. The van der Waals surface area contributed by atoms with Crippen molar-refractivity contribution in [3.05, 3.63) is 59.2 Å². The molecule has 0 saturated heterocycles. The standard InChI is InChI=1S/C24H25F5/c1-14-2-3-17-11-18(5-4-16(17)10-14)19-12-21(25)23(22(26)13-19)15-6-8-20(9-7-15)24(27,28)29/h6-9,12-14,16-18H,2-5,10-11H2,1H3. The highest BCUT2D eigenvalue weighted by Gasteiger charge is 2.35. The van der Waals surface area contributed by atoms with Crippen LogP contribution in [-0.4, -0.2) is 0 Å². The van der Waals surface area contributed by atoms with Gasteiger partial charge in [-0.1, -0.05) is 25.5 Å². The Morgan fingerprint density at radius 2 is 1.38 bits per heavy atom. The van der Waals surface area contributed by atoms with Gasteiger partial charge in [-0.25, -0.2) is 8.78 Å². The number of rotatable bonds is 2. The lowest BCUT2D eigenvalue weighted by Gasteiger charge is -2.41. The predicted octanol–water partition coefficient (Wildman–Crippen LogP) is 7.97. The van der Waals surface area contributed by atoms with Gasteiger partial charge >= 0.3 is 6.18 Å². The van der Waals surface area contributed by atoms with Crippen LogP contribution in [0.25, 0.3) is 11.1 Å². The van der Waals surface area contributed by atoms with Crippen LogP contribution in [0.5, 0.6) is 0 Å². The van der Waals surface area contributed by atoms with Crippen LogP contribution in [0.1, 0.15) is 62.5 Å². The van der Waals surface area contributed by atoms with Crippen LogP contribution in [-0.2, 0) is 6.18 Å². The Labute approximate surface area is 168 Å². The van der Waals surface area contributed by atoms with Crippen molar-refractivity contribution in [1.29, 1.82) is 0 Å². The molecule has 2 aromatic carbocycles. The first-order chi connectivity index (χ1) is 13.7. The van der Waals surface area contributed by atoms with E-state index in [0.717, 1.165) is 55.4 Å². The lowest BCUT2D eigenvalue weighted by atomic mass is 9.64. The zero-order valence-electron chi connectivity index (χ0n) is 16.4. The molecular formula is C24H25F5. The highest BCUT2D eigenvalue weighted by atomic mass is 19.4. The van der Waals surface area contributed by atoms with Gasteiger partial charge in [-0.3, -0.25) is 0 Å². The molecule has 4 rings (SSSR count). The van der Waals surface area contributed by atoms with E-state index in [1.54, 1.807) is 0 Å². The SMILES string of the molecule is CC1CCC2CC(c3cc(F)c(-c4ccc(C(F)(F)F)cc4)c(F)c3)CCC2C1. The number of fused-ring (bicyclic) bond motifs is 1. The second-order valence-corrected chi connectivity index (χ2v) is 8.88. The number of halogens is 5. The molecule has 0 spiro atoms. The van der Waals surface area contributed by atoms with Gasteiger partial charge in [0.1, 0.15) is 11.6 Å². The molecule has 0 heterocycles. The second-order valence-electron chi connectivity index (χ2n) is 8.88. The first-order valence-corrected chi connectivity index (χ1v) is 10.4. The van der Waals surface area contributed by atoms with E-state index < -0.39 is 23.4 Å². The van der Waals surface area contributed by atoms with Gasteiger partial charge in [0.05, 0.1) is 11.1 Å². The van der Waals surface area contributed by atoms with Crippen LogP contribution in [0.15, 0.2) is 36.4 Å². The van der Waals surface area contributed by atoms with Crippen LogP contribution < -0.4 is 0 Å². The minimum absolute atomic E-state index is 0.115. The fraction of sp³-hybridized carbons (Fsp3) is 0.500. The molecule has 2 aliphatic rings. The van der Waals surface area contributed by atoms with Crippen molar-refractivity contribution in [2.75, 3.05) is 0 Å². The number of hydrogen-bond donors (Lipinski definition) is 0. The maximum absolute atomic E-state index is 14.8. The van der Waals surface area contributed by atoms with Gasteiger partial charge in [0.2, 0.25) is 0 Å². The van der Waals surface area contributed by atoms with Crippen molar-refractivity contribution in [1.82, 2.24) is 0 Å². The second kappa shape index (κ2) is 7.73. The van der Waals surface area contributed by atoms with Crippen LogP contribution in [0.3, 0.4) is 0 Å². The number of benzene rings is 2. The molecule has 0 N–H and O–H groups in total. The summed E-state index contributed by atoms with van der Waals surface area (Å²) in [6.07, 6.45) is 2.20. The van der Waals surface area contributed by atoms with Crippen molar-refractivity contribution in [2.45, 2.75) is 57.5 Å². The van der Waals surface area contributed by atoms with Crippen molar-refractivity contribution in [2.24, 2.45) is 17.8 Å². The van der Waals surface area contributed by atoms with Gasteiger partial charge in [-0.05, 0) is 91.2 Å². The van der Waals surface area contributed by atoms with Gasteiger partial charge < -0.3 is 0 Å². The summed E-state index contributed by atoms with van der Waals surface area (Å²) < 4.78 is 67.8. The van der Waals surface area contributed by atoms with Crippen LogP contribution in [0, 0.1) is 29.4 Å². The van der Waals surface area contributed by atoms with Crippen molar-refractivity contribution in [3.63, 3.8) is 0 Å². The molecule has 4 atom stereocenters. The summed E-state index contributed by atoms with van der Waals surface area (Å²) in [6, 6.07) is 6.72. The van der Waals surface area contributed by atoms with Gasteiger partial charge in [-0.15, -0.1) is 0 Å². The molecule has 4 unspecified atom stereocenters. The van der Waals surface area contributed by atoms with Gasteiger partial charge in [0.25, 0.3) is 0 Å². The molecule has 0 bridgehead atoms. The fourth-order valence-corrected chi connectivity index (χ4v) is 5.36. The Morgan fingerprint density at radius 3 is 2.00 bits per heavy atom. The molecule has 5 heteroatoms. The van der Waals surface area contributed by atoms with E-state index in [2.05, 4.69) is 6.92 Å². The Balaban J connectivity index is 1.56. The molecule has 0 aromatic heterocycles. The third-order valence-corrected chi connectivity index (χ3v) is 6.91. The summed E-state index contributed by atoms with van der Waals surface area (Å²) in [5.41, 5.74) is -0.308. The molecule has 2 aliphatic carbocycles. The fourth-order valence-electron chi connectivity index (χ4n) is 5.36. The summed E-state index contributed by atoms with van der Waals surface area (Å²) in [6.45, 7) is 2.30. The molecule has 0 nitrogen and oxygen atoms in total. The quantitative estimate of drug-likeness (QED) is 0.442. The smallest absolute Gasteiger partial charge is 0.206 e. The lowest BCUT2D eigenvalue weighted by molar-refractivity contribution is -0.137. The van der Waals surface area contributed by atoms with E-state index in [9.17, 15) is 22.0 Å². The highest BCUT2D eigenvalue weighted by Crippen LogP contribution is 2.48. The van der Waals surface area contributed by atoms with Crippen molar-refractivity contribution >= 4 is 0 Å². The summed E-state index contributed by atoms with van der Waals surface area (Å²) in [5.74, 6) is 0.862. The Kier molecular flexibility index (Phi) is 5.43.